The van der Waals surface area contributed by atoms with Crippen molar-refractivity contribution >= 4 is 11.7 Å². The summed E-state index contributed by atoms with van der Waals surface area (Å²) in [5.74, 6) is -1.16. The van der Waals surface area contributed by atoms with Crippen molar-refractivity contribution in [2.45, 2.75) is 33.7 Å². The lowest BCUT2D eigenvalue weighted by atomic mass is 10.0. The zero-order valence-corrected chi connectivity index (χ0v) is 18.6. The number of Topliss-reactive ketones (excluding diaryl/α,β-unsaturated/α-hetero) is 1. The normalized spacial score (nSPS) is 12.0. The van der Waals surface area contributed by atoms with Gasteiger partial charge in [-0.3, -0.25) is 14.5 Å². The Hall–Kier alpha value is -3.25. The van der Waals surface area contributed by atoms with E-state index in [2.05, 4.69) is 41.3 Å². The molecule has 1 heterocycles. The number of benzene rings is 2. The molecule has 0 radical (unpaired) electrons. The van der Waals surface area contributed by atoms with Crippen LogP contribution in [0.3, 0.4) is 0 Å². The van der Waals surface area contributed by atoms with Crippen molar-refractivity contribution in [3.05, 3.63) is 83.2 Å². The van der Waals surface area contributed by atoms with E-state index >= 15 is 0 Å². The van der Waals surface area contributed by atoms with E-state index in [1.807, 2.05) is 55.5 Å². The van der Waals surface area contributed by atoms with Crippen molar-refractivity contribution in [1.29, 1.82) is 0 Å². The van der Waals surface area contributed by atoms with Crippen LogP contribution in [0.25, 0.3) is 5.69 Å². The molecule has 1 N–H and O–H groups in total. The Labute approximate surface area is 183 Å². The minimum atomic E-state index is -0.605. The molecule has 0 saturated carbocycles. The molecule has 0 aliphatic carbocycles. The van der Waals surface area contributed by atoms with Crippen LogP contribution in [0.5, 0.6) is 0 Å². The van der Waals surface area contributed by atoms with Crippen LogP contribution in [0.15, 0.2) is 60.7 Å². The minimum absolute atomic E-state index is 0.00202. The highest BCUT2D eigenvalue weighted by atomic mass is 16.2. The number of likely N-dealkylation sites (N-methyl/N-ethyl adjacent to an activating group) is 1. The van der Waals surface area contributed by atoms with E-state index in [4.69, 9.17) is 0 Å². The molecule has 6 heteroatoms. The van der Waals surface area contributed by atoms with Gasteiger partial charge in [-0.25, -0.2) is 4.68 Å². The van der Waals surface area contributed by atoms with E-state index in [1.54, 1.807) is 11.6 Å². The number of aryl methyl sites for hydroxylation is 1. The van der Waals surface area contributed by atoms with Crippen LogP contribution in [0.2, 0.25) is 0 Å². The summed E-state index contributed by atoms with van der Waals surface area (Å²) in [6.45, 7) is 9.82. The third-order valence-electron chi connectivity index (χ3n) is 5.62. The molecule has 1 atom stereocenters. The maximum atomic E-state index is 13.0. The molecule has 0 fully saturated rings. The van der Waals surface area contributed by atoms with E-state index in [1.165, 1.54) is 0 Å². The van der Waals surface area contributed by atoms with E-state index in [-0.39, 0.29) is 6.04 Å². The van der Waals surface area contributed by atoms with Crippen molar-refractivity contribution in [3.8, 4) is 5.69 Å². The number of nitrogens with one attached hydrogen (secondary N) is 1. The van der Waals surface area contributed by atoms with Crippen molar-refractivity contribution < 1.29 is 9.59 Å². The first-order valence-electron chi connectivity index (χ1n) is 10.7. The van der Waals surface area contributed by atoms with Gasteiger partial charge in [0.05, 0.1) is 28.7 Å². The Bertz CT molecular complexity index is 1020. The van der Waals surface area contributed by atoms with Gasteiger partial charge in [0.1, 0.15) is 0 Å². The highest BCUT2D eigenvalue weighted by molar-refractivity contribution is 6.43. The fourth-order valence-electron chi connectivity index (χ4n) is 3.97. The Morgan fingerprint density at radius 2 is 1.55 bits per heavy atom. The highest BCUT2D eigenvalue weighted by Crippen LogP contribution is 2.21. The van der Waals surface area contributed by atoms with Crippen LogP contribution in [-0.4, -0.2) is 46.0 Å². The summed E-state index contributed by atoms with van der Waals surface area (Å²) < 4.78 is 1.71. The number of carbonyl (C=O) groups is 2. The molecule has 1 aromatic heterocycles. The molecule has 162 valence electrons. The number of ketones is 1. The molecule has 0 aliphatic rings. The van der Waals surface area contributed by atoms with Crippen LogP contribution in [0.4, 0.5) is 0 Å². The Morgan fingerprint density at radius 3 is 2.13 bits per heavy atom. The molecular formula is C25H30N4O2. The predicted octanol–water partition coefficient (Wildman–Crippen LogP) is 3.87. The van der Waals surface area contributed by atoms with Gasteiger partial charge in [0.25, 0.3) is 11.7 Å². The average molecular weight is 419 g/mol. The first-order valence-corrected chi connectivity index (χ1v) is 10.7. The van der Waals surface area contributed by atoms with Gasteiger partial charge < -0.3 is 5.32 Å². The van der Waals surface area contributed by atoms with Crippen LogP contribution < -0.4 is 5.32 Å². The molecule has 0 bridgehead atoms. The molecule has 0 aliphatic heterocycles. The number of rotatable bonds is 9. The Kier molecular flexibility index (Phi) is 7.36. The van der Waals surface area contributed by atoms with E-state index < -0.39 is 11.7 Å². The number of para-hydroxylation sites is 1. The zero-order chi connectivity index (χ0) is 22.4. The highest BCUT2D eigenvalue weighted by Gasteiger charge is 2.26. The molecule has 3 rings (SSSR count). The summed E-state index contributed by atoms with van der Waals surface area (Å²) in [5, 5.41) is 7.35. The number of aromatic nitrogens is 2. The largest absolute Gasteiger partial charge is 0.347 e. The molecule has 2 aromatic carbocycles. The summed E-state index contributed by atoms with van der Waals surface area (Å²) in [4.78, 5) is 28.1. The van der Waals surface area contributed by atoms with Crippen LogP contribution in [0.1, 0.15) is 47.2 Å². The molecule has 31 heavy (non-hydrogen) atoms. The third kappa shape index (κ3) is 4.91. The van der Waals surface area contributed by atoms with Crippen molar-refractivity contribution in [2.75, 3.05) is 19.6 Å². The minimum Gasteiger partial charge on any atom is -0.347 e. The third-order valence-corrected chi connectivity index (χ3v) is 5.62. The number of carbonyl (C=O) groups excluding carboxylic acids is 2. The van der Waals surface area contributed by atoms with Gasteiger partial charge in [-0.05, 0) is 44.6 Å². The van der Waals surface area contributed by atoms with Gasteiger partial charge in [0.15, 0.2) is 0 Å². The molecular weight excluding hydrogens is 388 g/mol. The maximum Gasteiger partial charge on any atom is 0.292 e. The van der Waals surface area contributed by atoms with Gasteiger partial charge >= 0.3 is 0 Å². The SMILES string of the molecule is CCN(CC)[C@@H](CNC(=O)C(=O)c1c(C)nn(-c2ccccc2)c1C)c1ccccc1. The van der Waals surface area contributed by atoms with Crippen LogP contribution in [-0.2, 0) is 4.79 Å². The lowest BCUT2D eigenvalue weighted by Crippen LogP contribution is -2.40. The van der Waals surface area contributed by atoms with Gasteiger partial charge in [-0.1, -0.05) is 62.4 Å². The van der Waals surface area contributed by atoms with Crippen molar-refractivity contribution in [1.82, 2.24) is 20.0 Å². The average Bonchev–Trinajstić information content (AvgIpc) is 3.10. The molecule has 6 nitrogen and oxygen atoms in total. The Morgan fingerprint density at radius 1 is 0.968 bits per heavy atom. The van der Waals surface area contributed by atoms with Crippen LogP contribution >= 0.6 is 0 Å². The number of nitrogens with zero attached hydrogens (tertiary/aromatic N) is 3. The van der Waals surface area contributed by atoms with Crippen molar-refractivity contribution in [2.24, 2.45) is 0 Å². The summed E-state index contributed by atoms with van der Waals surface area (Å²) in [7, 11) is 0. The maximum absolute atomic E-state index is 13.0. The monoisotopic (exact) mass is 418 g/mol. The van der Waals surface area contributed by atoms with Crippen molar-refractivity contribution in [3.63, 3.8) is 0 Å². The fraction of sp³-hybridized carbons (Fsp3) is 0.320. The second kappa shape index (κ2) is 10.2. The second-order valence-electron chi connectivity index (χ2n) is 7.48. The molecule has 3 aromatic rings. The smallest absolute Gasteiger partial charge is 0.292 e. The lowest BCUT2D eigenvalue weighted by Gasteiger charge is -2.30. The predicted molar refractivity (Wildman–Crippen MR) is 122 cm³/mol. The van der Waals surface area contributed by atoms with Gasteiger partial charge in [-0.15, -0.1) is 0 Å². The van der Waals surface area contributed by atoms with E-state index in [9.17, 15) is 9.59 Å². The quantitative estimate of drug-likeness (QED) is 0.423. The van der Waals surface area contributed by atoms with Gasteiger partial charge in [-0.2, -0.15) is 5.10 Å². The van der Waals surface area contributed by atoms with E-state index in [0.29, 0.717) is 23.5 Å². The number of hydrogen-bond donors (Lipinski definition) is 1. The van der Waals surface area contributed by atoms with Gasteiger partial charge in [0, 0.05) is 6.54 Å². The summed E-state index contributed by atoms with van der Waals surface area (Å²) in [5.41, 5.74) is 3.54. The molecule has 0 unspecified atom stereocenters. The summed E-state index contributed by atoms with van der Waals surface area (Å²) in [6, 6.07) is 19.6. The topological polar surface area (TPSA) is 67.2 Å². The first kappa shape index (κ1) is 22.4. The standard InChI is InChI=1S/C25H30N4O2/c1-5-28(6-2)22(20-13-9-7-10-14-20)17-26-25(31)24(30)23-18(3)27-29(19(23)4)21-15-11-8-12-16-21/h7-16,22H,5-6,17H2,1-4H3,(H,26,31)/t22-/m0/s1. The molecule has 0 saturated heterocycles. The Balaban J connectivity index is 1.79. The zero-order valence-electron chi connectivity index (χ0n) is 18.6. The van der Waals surface area contributed by atoms with Gasteiger partial charge in [0.2, 0.25) is 0 Å². The molecule has 1 amide bonds. The summed E-state index contributed by atoms with van der Waals surface area (Å²) >= 11 is 0. The first-order chi connectivity index (χ1) is 15.0. The van der Waals surface area contributed by atoms with E-state index in [0.717, 1.165) is 24.3 Å². The number of amides is 1. The second-order valence-corrected chi connectivity index (χ2v) is 7.48. The number of hydrogen-bond acceptors (Lipinski definition) is 4. The lowest BCUT2D eigenvalue weighted by molar-refractivity contribution is -0.117. The fourth-order valence-corrected chi connectivity index (χ4v) is 3.97. The molecule has 0 spiro atoms. The van der Waals surface area contributed by atoms with Crippen LogP contribution in [0, 0.1) is 13.8 Å². The summed E-state index contributed by atoms with van der Waals surface area (Å²) in [6.07, 6.45) is 0.